The van der Waals surface area contributed by atoms with Crippen molar-refractivity contribution < 1.29 is 4.74 Å². The quantitative estimate of drug-likeness (QED) is 0.658. The molecule has 80 valence electrons. The highest BCUT2D eigenvalue weighted by molar-refractivity contribution is 4.87. The van der Waals surface area contributed by atoms with Gasteiger partial charge in [0.15, 0.2) is 0 Å². The van der Waals surface area contributed by atoms with Gasteiger partial charge in [0.1, 0.15) is 0 Å². The van der Waals surface area contributed by atoms with E-state index in [1.165, 1.54) is 13.0 Å². The predicted molar refractivity (Wildman–Crippen MR) is 58.0 cm³/mol. The summed E-state index contributed by atoms with van der Waals surface area (Å²) in [4.78, 5) is 2.40. The Morgan fingerprint density at radius 1 is 1.31 bits per heavy atom. The summed E-state index contributed by atoms with van der Waals surface area (Å²) >= 11 is 0. The zero-order chi connectivity index (χ0) is 10.4. The number of likely N-dealkylation sites (tertiary alicyclic amines) is 1. The minimum Gasteiger partial charge on any atom is -0.380 e. The third kappa shape index (κ3) is 3.28. The van der Waals surface area contributed by atoms with E-state index in [9.17, 15) is 0 Å². The molecule has 0 bridgehead atoms. The summed E-state index contributed by atoms with van der Waals surface area (Å²) in [6.45, 7) is 9.71. The molecular weight excluding hydrogens is 162 g/mol. The molecule has 0 aromatic rings. The van der Waals surface area contributed by atoms with Crippen molar-refractivity contribution in [2.45, 2.75) is 46.3 Å². The van der Waals surface area contributed by atoms with Crippen molar-refractivity contribution in [1.82, 2.24) is 4.90 Å². The molecule has 1 aliphatic rings. The number of likely N-dealkylation sites (N-methyl/N-ethyl adjacent to an activating group) is 1. The van der Waals surface area contributed by atoms with Crippen LogP contribution in [0.2, 0.25) is 0 Å². The molecule has 0 radical (unpaired) electrons. The van der Waals surface area contributed by atoms with Gasteiger partial charge in [-0.15, -0.1) is 0 Å². The van der Waals surface area contributed by atoms with Gasteiger partial charge < -0.3 is 9.64 Å². The highest BCUT2D eigenvalue weighted by Crippen LogP contribution is 2.24. The normalized spacial score (nSPS) is 28.8. The van der Waals surface area contributed by atoms with Crippen molar-refractivity contribution in [3.63, 3.8) is 0 Å². The second-order valence-electron chi connectivity index (χ2n) is 3.78. The number of rotatable bonds is 2. The van der Waals surface area contributed by atoms with E-state index in [0.717, 1.165) is 0 Å². The highest BCUT2D eigenvalue weighted by Gasteiger charge is 2.33. The Balaban J connectivity index is 0.000000671. The summed E-state index contributed by atoms with van der Waals surface area (Å²) in [6.07, 6.45) is 1.65. The zero-order valence-electron chi connectivity index (χ0n) is 10.0. The molecule has 0 amide bonds. The van der Waals surface area contributed by atoms with E-state index in [1.54, 1.807) is 0 Å². The molecule has 1 fully saturated rings. The summed E-state index contributed by atoms with van der Waals surface area (Å²) in [7, 11) is 4.00. The molecule has 13 heavy (non-hydrogen) atoms. The molecule has 0 N–H and O–H groups in total. The van der Waals surface area contributed by atoms with Gasteiger partial charge in [-0.1, -0.05) is 27.7 Å². The lowest BCUT2D eigenvalue weighted by Gasteiger charge is -2.27. The number of nitrogens with zero attached hydrogens (tertiary/aromatic N) is 1. The van der Waals surface area contributed by atoms with Crippen molar-refractivity contribution in [3.05, 3.63) is 0 Å². The lowest BCUT2D eigenvalue weighted by molar-refractivity contribution is 0.0531. The van der Waals surface area contributed by atoms with Crippen LogP contribution in [-0.4, -0.2) is 37.7 Å². The summed E-state index contributed by atoms with van der Waals surface area (Å²) in [5, 5.41) is 0. The Morgan fingerprint density at radius 2 is 1.85 bits per heavy atom. The van der Waals surface area contributed by atoms with E-state index in [-0.39, 0.29) is 0 Å². The Kier molecular flexibility index (Phi) is 6.35. The molecule has 2 nitrogen and oxygen atoms in total. The molecule has 2 atom stereocenters. The molecular formula is C11H25NO. The maximum Gasteiger partial charge on any atom is 0.0741 e. The lowest BCUT2D eigenvalue weighted by Crippen LogP contribution is -2.37. The molecule has 2 heteroatoms. The summed E-state index contributed by atoms with van der Waals surface area (Å²) in [6, 6.07) is 0.625. The third-order valence-electron chi connectivity index (χ3n) is 2.64. The molecule has 0 aromatic carbocycles. The standard InChI is InChI=1S/C9H19NO.C2H6/c1-7(2)9-8(11-4)5-6-10(9)3;1-2/h7-9H,5-6H2,1-4H3;1-2H3/t8-,9+;/m0./s1. The molecule has 1 rings (SSSR count). The van der Waals surface area contributed by atoms with E-state index in [2.05, 4.69) is 25.8 Å². The molecule has 0 unspecified atom stereocenters. The first-order valence-electron chi connectivity index (χ1n) is 5.40. The van der Waals surface area contributed by atoms with E-state index >= 15 is 0 Å². The number of ether oxygens (including phenoxy) is 1. The van der Waals surface area contributed by atoms with Gasteiger partial charge >= 0.3 is 0 Å². The number of methoxy groups -OCH3 is 1. The predicted octanol–water partition coefficient (Wildman–Crippen LogP) is 2.39. The van der Waals surface area contributed by atoms with E-state index in [4.69, 9.17) is 4.74 Å². The van der Waals surface area contributed by atoms with Crippen LogP contribution in [-0.2, 0) is 4.74 Å². The Hall–Kier alpha value is -0.0800. The van der Waals surface area contributed by atoms with E-state index in [1.807, 2.05) is 21.0 Å². The van der Waals surface area contributed by atoms with Crippen LogP contribution in [0.25, 0.3) is 0 Å². The first kappa shape index (κ1) is 12.9. The van der Waals surface area contributed by atoms with Gasteiger partial charge in [-0.3, -0.25) is 0 Å². The summed E-state index contributed by atoms with van der Waals surface area (Å²) in [5.41, 5.74) is 0. The van der Waals surface area contributed by atoms with Gasteiger partial charge in [-0.05, 0) is 19.4 Å². The minimum atomic E-state index is 0.458. The van der Waals surface area contributed by atoms with Gasteiger partial charge in [-0.2, -0.15) is 0 Å². The second-order valence-corrected chi connectivity index (χ2v) is 3.78. The van der Waals surface area contributed by atoms with Gasteiger partial charge in [0.05, 0.1) is 6.10 Å². The van der Waals surface area contributed by atoms with Crippen molar-refractivity contribution in [2.24, 2.45) is 5.92 Å². The number of hydrogen-bond acceptors (Lipinski definition) is 2. The maximum absolute atomic E-state index is 5.41. The second kappa shape index (κ2) is 6.39. The number of hydrogen-bond donors (Lipinski definition) is 0. The highest BCUT2D eigenvalue weighted by atomic mass is 16.5. The molecule has 0 aromatic heterocycles. The van der Waals surface area contributed by atoms with Crippen LogP contribution < -0.4 is 0 Å². The molecule has 1 aliphatic heterocycles. The topological polar surface area (TPSA) is 12.5 Å². The SMILES string of the molecule is CC.CO[C@H]1CCN(C)[C@@H]1C(C)C. The van der Waals surface area contributed by atoms with E-state index in [0.29, 0.717) is 18.1 Å². The molecule has 1 saturated heterocycles. The van der Waals surface area contributed by atoms with Gasteiger partial charge in [0.25, 0.3) is 0 Å². The van der Waals surface area contributed by atoms with Crippen molar-refractivity contribution in [3.8, 4) is 0 Å². The third-order valence-corrected chi connectivity index (χ3v) is 2.64. The first-order valence-corrected chi connectivity index (χ1v) is 5.40. The fourth-order valence-corrected chi connectivity index (χ4v) is 2.13. The zero-order valence-corrected chi connectivity index (χ0v) is 10.0. The van der Waals surface area contributed by atoms with Crippen molar-refractivity contribution in [2.75, 3.05) is 20.7 Å². The average Bonchev–Trinajstić information content (AvgIpc) is 2.50. The van der Waals surface area contributed by atoms with Crippen LogP contribution in [0.15, 0.2) is 0 Å². The smallest absolute Gasteiger partial charge is 0.0741 e. The molecule has 0 saturated carbocycles. The van der Waals surface area contributed by atoms with Crippen LogP contribution in [0.5, 0.6) is 0 Å². The maximum atomic E-state index is 5.41. The Bertz CT molecular complexity index is 125. The van der Waals surface area contributed by atoms with Crippen LogP contribution in [0.1, 0.15) is 34.1 Å². The fourth-order valence-electron chi connectivity index (χ4n) is 2.13. The fraction of sp³-hybridized carbons (Fsp3) is 1.00. The van der Waals surface area contributed by atoms with Gasteiger partial charge in [0.2, 0.25) is 0 Å². The monoisotopic (exact) mass is 187 g/mol. The lowest BCUT2D eigenvalue weighted by atomic mass is 10.00. The van der Waals surface area contributed by atoms with Gasteiger partial charge in [0, 0.05) is 19.7 Å². The Labute approximate surface area is 83.3 Å². The summed E-state index contributed by atoms with van der Waals surface area (Å²) in [5.74, 6) is 0.701. The van der Waals surface area contributed by atoms with Crippen LogP contribution >= 0.6 is 0 Å². The van der Waals surface area contributed by atoms with E-state index < -0.39 is 0 Å². The van der Waals surface area contributed by atoms with Crippen molar-refractivity contribution in [1.29, 1.82) is 0 Å². The molecule has 0 spiro atoms. The largest absolute Gasteiger partial charge is 0.380 e. The first-order chi connectivity index (χ1) is 6.16. The Morgan fingerprint density at radius 3 is 2.15 bits per heavy atom. The summed E-state index contributed by atoms with van der Waals surface area (Å²) < 4.78 is 5.41. The minimum absolute atomic E-state index is 0.458. The van der Waals surface area contributed by atoms with Crippen molar-refractivity contribution >= 4 is 0 Å². The van der Waals surface area contributed by atoms with Crippen LogP contribution in [0.3, 0.4) is 0 Å². The average molecular weight is 187 g/mol. The molecule has 1 heterocycles. The molecule has 0 aliphatic carbocycles. The van der Waals surface area contributed by atoms with Crippen LogP contribution in [0, 0.1) is 5.92 Å². The van der Waals surface area contributed by atoms with Gasteiger partial charge in [-0.25, -0.2) is 0 Å². The van der Waals surface area contributed by atoms with Crippen LogP contribution in [0.4, 0.5) is 0 Å².